The van der Waals surface area contributed by atoms with Crippen molar-refractivity contribution < 1.29 is 22.8 Å². The number of carbonyl (C=O) groups is 2. The van der Waals surface area contributed by atoms with E-state index in [-0.39, 0.29) is 33.8 Å². The van der Waals surface area contributed by atoms with Crippen molar-refractivity contribution in [2.45, 2.75) is 18.3 Å². The maximum Gasteiger partial charge on any atom is 0.416 e. The average Bonchev–Trinajstić information content (AvgIpc) is 2.55. The molecule has 0 spiro atoms. The lowest BCUT2D eigenvalue weighted by atomic mass is 10.1. The summed E-state index contributed by atoms with van der Waals surface area (Å²) in [6.07, 6.45) is -4.52. The van der Waals surface area contributed by atoms with Crippen molar-refractivity contribution in [3.63, 3.8) is 0 Å². The van der Waals surface area contributed by atoms with Gasteiger partial charge >= 0.3 is 6.18 Å². The number of nitrogens with one attached hydrogen (secondary N) is 2. The van der Waals surface area contributed by atoms with Crippen molar-refractivity contribution in [1.82, 2.24) is 9.97 Å². The first-order valence-electron chi connectivity index (χ1n) is 7.08. The lowest BCUT2D eigenvalue weighted by molar-refractivity contribution is -0.137. The van der Waals surface area contributed by atoms with E-state index in [1.807, 2.05) is 0 Å². The zero-order chi connectivity index (χ0) is 19.5. The number of hydrogen-bond donors (Lipinski definition) is 3. The normalized spacial score (nSPS) is 11.2. The zero-order valence-electron chi connectivity index (χ0n) is 13.3. The first-order chi connectivity index (χ1) is 12.1. The van der Waals surface area contributed by atoms with Crippen LogP contribution in [-0.2, 0) is 11.0 Å². The fourth-order valence-corrected chi connectivity index (χ4v) is 2.49. The van der Waals surface area contributed by atoms with Crippen molar-refractivity contribution in [3.8, 4) is 0 Å². The highest BCUT2D eigenvalue weighted by molar-refractivity contribution is 7.99. The summed E-state index contributed by atoms with van der Waals surface area (Å²) in [5, 5.41) is 2.32. The molecule has 0 fully saturated rings. The van der Waals surface area contributed by atoms with Crippen molar-refractivity contribution in [3.05, 3.63) is 45.7 Å². The Morgan fingerprint density at radius 1 is 1.27 bits per heavy atom. The molecule has 1 heterocycles. The van der Waals surface area contributed by atoms with Crippen molar-refractivity contribution in [2.24, 2.45) is 0 Å². The molecular weight excluding hydrogens is 373 g/mol. The molecule has 4 N–H and O–H groups in total. The molecule has 0 aliphatic carbocycles. The lowest BCUT2D eigenvalue weighted by Crippen LogP contribution is -2.23. The highest BCUT2D eigenvalue weighted by atomic mass is 32.2. The minimum atomic E-state index is -4.52. The van der Waals surface area contributed by atoms with Crippen LogP contribution in [0.5, 0.6) is 0 Å². The van der Waals surface area contributed by atoms with E-state index < -0.39 is 23.2 Å². The van der Waals surface area contributed by atoms with Crippen LogP contribution in [0.4, 0.5) is 24.7 Å². The van der Waals surface area contributed by atoms with Crippen LogP contribution in [0.2, 0.25) is 0 Å². The van der Waals surface area contributed by atoms with E-state index >= 15 is 0 Å². The first-order valence-corrected chi connectivity index (χ1v) is 8.07. The Morgan fingerprint density at radius 3 is 2.38 bits per heavy atom. The maximum atomic E-state index is 12.5. The molecule has 1 amide bonds. The fraction of sp³-hybridized carbons (Fsp3) is 0.200. The number of amides is 1. The summed E-state index contributed by atoms with van der Waals surface area (Å²) in [6.45, 7) is 1.37. The molecule has 0 aliphatic heterocycles. The van der Waals surface area contributed by atoms with Gasteiger partial charge in [0.2, 0.25) is 0 Å². The number of H-pyrrole nitrogens is 1. The topological polar surface area (TPSA) is 118 Å². The summed E-state index contributed by atoms with van der Waals surface area (Å²) < 4.78 is 37.6. The number of thioether (sulfide) groups is 1. The Balaban J connectivity index is 2.18. The summed E-state index contributed by atoms with van der Waals surface area (Å²) in [6, 6.07) is 3.46. The number of aromatic amines is 1. The predicted molar refractivity (Wildman–Crippen MR) is 90.1 cm³/mol. The number of hydrogen-bond acceptors (Lipinski definition) is 6. The van der Waals surface area contributed by atoms with Crippen molar-refractivity contribution in [1.29, 1.82) is 0 Å². The second-order valence-corrected chi connectivity index (χ2v) is 6.12. The van der Waals surface area contributed by atoms with Gasteiger partial charge in [-0.1, -0.05) is 11.8 Å². The number of nitrogens with two attached hydrogens (primary N) is 1. The van der Waals surface area contributed by atoms with E-state index in [1.54, 1.807) is 0 Å². The van der Waals surface area contributed by atoms with E-state index in [9.17, 15) is 27.6 Å². The summed E-state index contributed by atoms with van der Waals surface area (Å²) in [5.41, 5.74) is 3.57. The van der Waals surface area contributed by atoms with Crippen molar-refractivity contribution in [2.75, 3.05) is 16.8 Å². The van der Waals surface area contributed by atoms with E-state index in [0.29, 0.717) is 0 Å². The number of carbonyl (C=O) groups excluding carboxylic acids is 2. The Bertz CT molecular complexity index is 894. The van der Waals surface area contributed by atoms with Gasteiger partial charge in [0, 0.05) is 5.56 Å². The molecule has 0 radical (unpaired) electrons. The second-order valence-electron chi connectivity index (χ2n) is 5.15. The minimum absolute atomic E-state index is 0.0830. The van der Waals surface area contributed by atoms with E-state index in [1.165, 1.54) is 6.92 Å². The quantitative estimate of drug-likeness (QED) is 0.536. The zero-order valence-corrected chi connectivity index (χ0v) is 14.1. The maximum absolute atomic E-state index is 12.5. The van der Waals surface area contributed by atoms with Gasteiger partial charge in [0.15, 0.2) is 11.0 Å². The third-order valence-electron chi connectivity index (χ3n) is 3.05. The summed E-state index contributed by atoms with van der Waals surface area (Å²) >= 11 is 0.969. The van der Waals surface area contributed by atoms with Gasteiger partial charge in [-0.3, -0.25) is 19.4 Å². The van der Waals surface area contributed by atoms with Gasteiger partial charge in [-0.2, -0.15) is 13.2 Å². The highest BCUT2D eigenvalue weighted by Gasteiger charge is 2.30. The molecule has 2 aromatic rings. The van der Waals surface area contributed by atoms with Crippen LogP contribution in [-0.4, -0.2) is 27.4 Å². The van der Waals surface area contributed by atoms with Crippen LogP contribution in [0.3, 0.4) is 0 Å². The standard InChI is InChI=1S/C15H13F3N4O3S/c1-7(23)6-26-14-21-11(19)10(13(25)22-14)20-12(24)8-2-4-9(5-3-8)15(16,17)18/h2-5H,6H2,1H3,(H,20,24)(H3,19,21,22,25). The van der Waals surface area contributed by atoms with Gasteiger partial charge in [-0.25, -0.2) is 4.98 Å². The van der Waals surface area contributed by atoms with Crippen LogP contribution in [0.1, 0.15) is 22.8 Å². The number of rotatable bonds is 5. The molecule has 1 aromatic carbocycles. The number of nitrogens with zero attached hydrogens (tertiary/aromatic N) is 1. The number of aromatic nitrogens is 2. The lowest BCUT2D eigenvalue weighted by Gasteiger charge is -2.09. The van der Waals surface area contributed by atoms with E-state index in [4.69, 9.17) is 5.73 Å². The largest absolute Gasteiger partial charge is 0.416 e. The fourth-order valence-electron chi connectivity index (χ4n) is 1.82. The summed E-state index contributed by atoms with van der Waals surface area (Å²) in [7, 11) is 0. The molecule has 0 aliphatic rings. The number of ketones is 1. The van der Waals surface area contributed by atoms with Crippen LogP contribution < -0.4 is 16.6 Å². The van der Waals surface area contributed by atoms with Gasteiger partial charge in [0.1, 0.15) is 11.5 Å². The Morgan fingerprint density at radius 2 is 1.88 bits per heavy atom. The number of halogens is 3. The van der Waals surface area contributed by atoms with E-state index in [2.05, 4.69) is 15.3 Å². The first kappa shape index (κ1) is 19.5. The molecule has 138 valence electrons. The number of anilines is 2. The summed E-state index contributed by atoms with van der Waals surface area (Å²) in [4.78, 5) is 41.3. The van der Waals surface area contributed by atoms with Crippen LogP contribution in [0, 0.1) is 0 Å². The summed E-state index contributed by atoms with van der Waals surface area (Å²) in [5.74, 6) is -1.14. The number of Topliss-reactive ketones (excluding diaryl/α,β-unsaturated/α-hetero) is 1. The Labute approximate surface area is 149 Å². The molecule has 0 saturated carbocycles. The third-order valence-corrected chi connectivity index (χ3v) is 4.07. The Kier molecular flexibility index (Phi) is 5.70. The van der Waals surface area contributed by atoms with Gasteiger partial charge in [0.25, 0.3) is 11.5 Å². The molecule has 26 heavy (non-hydrogen) atoms. The Hall–Kier alpha value is -2.82. The van der Waals surface area contributed by atoms with E-state index in [0.717, 1.165) is 36.0 Å². The minimum Gasteiger partial charge on any atom is -0.382 e. The van der Waals surface area contributed by atoms with Gasteiger partial charge in [-0.05, 0) is 31.2 Å². The second kappa shape index (κ2) is 7.60. The van der Waals surface area contributed by atoms with Crippen molar-refractivity contribution >= 4 is 35.0 Å². The van der Waals surface area contributed by atoms with Crippen LogP contribution in [0.25, 0.3) is 0 Å². The number of benzene rings is 1. The average molecular weight is 386 g/mol. The van der Waals surface area contributed by atoms with Gasteiger partial charge < -0.3 is 11.1 Å². The third kappa shape index (κ3) is 4.85. The van der Waals surface area contributed by atoms with Crippen LogP contribution >= 0.6 is 11.8 Å². The molecule has 0 saturated heterocycles. The van der Waals surface area contributed by atoms with Crippen LogP contribution in [0.15, 0.2) is 34.2 Å². The smallest absolute Gasteiger partial charge is 0.382 e. The number of nitrogen functional groups attached to an aromatic ring is 1. The molecule has 2 rings (SSSR count). The SMILES string of the molecule is CC(=O)CSc1nc(N)c(NC(=O)c2ccc(C(F)(F)F)cc2)c(=O)[nH]1. The molecule has 7 nitrogen and oxygen atoms in total. The predicted octanol–water partition coefficient (Wildman–Crippen LogP) is 2.30. The number of alkyl halides is 3. The molecule has 0 unspecified atom stereocenters. The molecular formula is C15H13F3N4O3S. The monoisotopic (exact) mass is 386 g/mol. The molecule has 0 bridgehead atoms. The molecule has 1 aromatic heterocycles. The molecule has 11 heteroatoms. The highest BCUT2D eigenvalue weighted by Crippen LogP contribution is 2.29. The molecule has 0 atom stereocenters. The van der Waals surface area contributed by atoms with Gasteiger partial charge in [-0.15, -0.1) is 0 Å². The van der Waals surface area contributed by atoms with Gasteiger partial charge in [0.05, 0.1) is 11.3 Å².